The number of hydrogen-bond acceptors (Lipinski definition) is 4. The fourth-order valence-electron chi connectivity index (χ4n) is 1.59. The lowest BCUT2D eigenvalue weighted by molar-refractivity contribution is 0.474. The summed E-state index contributed by atoms with van der Waals surface area (Å²) in [5.74, 6) is -0.160. The summed E-state index contributed by atoms with van der Waals surface area (Å²) in [5, 5.41) is 8.90. The van der Waals surface area contributed by atoms with E-state index in [2.05, 4.69) is 0 Å². The highest BCUT2D eigenvalue weighted by Crippen LogP contribution is 2.27. The molecule has 2 aromatic rings. The molecular formula is C14H11FN2O2S. The maximum atomic E-state index is 13.4. The van der Waals surface area contributed by atoms with Crippen molar-refractivity contribution in [2.24, 2.45) is 0 Å². The minimum absolute atomic E-state index is 0.114. The highest BCUT2D eigenvalue weighted by atomic mass is 32.2. The predicted molar refractivity (Wildman–Crippen MR) is 72.7 cm³/mol. The maximum Gasteiger partial charge on any atom is 0.148 e. The van der Waals surface area contributed by atoms with Gasteiger partial charge in [0.25, 0.3) is 0 Å². The highest BCUT2D eigenvalue weighted by molar-refractivity contribution is 7.91. The summed E-state index contributed by atoms with van der Waals surface area (Å²) >= 11 is 0. The molecule has 20 heavy (non-hydrogen) atoms. The minimum atomic E-state index is -2.78. The molecule has 0 saturated carbocycles. The second-order valence-electron chi connectivity index (χ2n) is 4.14. The SMILES string of the molecule is C[S@@](=N)(=O)c1ccc(Oc2cccc(F)c2C#N)cc1. The zero-order valence-corrected chi connectivity index (χ0v) is 11.4. The van der Waals surface area contributed by atoms with Crippen molar-refractivity contribution < 1.29 is 13.3 Å². The van der Waals surface area contributed by atoms with Crippen molar-refractivity contribution in [1.82, 2.24) is 0 Å². The van der Waals surface area contributed by atoms with Crippen molar-refractivity contribution >= 4 is 9.73 Å². The van der Waals surface area contributed by atoms with Crippen LogP contribution < -0.4 is 4.74 Å². The van der Waals surface area contributed by atoms with E-state index in [-0.39, 0.29) is 11.3 Å². The molecule has 0 radical (unpaired) electrons. The largest absolute Gasteiger partial charge is 0.456 e. The number of nitrogens with one attached hydrogen (secondary N) is 1. The van der Waals surface area contributed by atoms with Gasteiger partial charge in [-0.2, -0.15) is 5.26 Å². The topological polar surface area (TPSA) is 73.9 Å². The van der Waals surface area contributed by atoms with Gasteiger partial charge >= 0.3 is 0 Å². The van der Waals surface area contributed by atoms with Gasteiger partial charge in [0.15, 0.2) is 0 Å². The first-order chi connectivity index (χ1) is 9.41. The number of halogens is 1. The zero-order valence-electron chi connectivity index (χ0n) is 10.6. The van der Waals surface area contributed by atoms with Crippen LogP contribution in [0, 0.1) is 21.9 Å². The number of hydrogen-bond donors (Lipinski definition) is 1. The Morgan fingerprint density at radius 3 is 2.45 bits per heavy atom. The maximum absolute atomic E-state index is 13.4. The van der Waals surface area contributed by atoms with Crippen LogP contribution in [0.2, 0.25) is 0 Å². The van der Waals surface area contributed by atoms with Crippen molar-refractivity contribution in [2.75, 3.05) is 6.26 Å². The van der Waals surface area contributed by atoms with Gasteiger partial charge in [-0.05, 0) is 36.4 Å². The van der Waals surface area contributed by atoms with Gasteiger partial charge in [0.1, 0.15) is 28.9 Å². The van der Waals surface area contributed by atoms with Crippen molar-refractivity contribution in [1.29, 1.82) is 10.0 Å². The van der Waals surface area contributed by atoms with Crippen LogP contribution in [0.4, 0.5) is 4.39 Å². The average Bonchev–Trinajstić information content (AvgIpc) is 2.38. The Balaban J connectivity index is 2.32. The smallest absolute Gasteiger partial charge is 0.148 e. The standard InChI is InChI=1S/C14H11FN2O2S/c1-20(17,18)11-7-5-10(6-8-11)19-14-4-2-3-13(15)12(14)9-16/h2-8,17H,1H3/t20-/m1/s1. The summed E-state index contributed by atoms with van der Waals surface area (Å²) in [6, 6.07) is 11.9. The van der Waals surface area contributed by atoms with Crippen LogP contribution in [-0.2, 0) is 9.73 Å². The predicted octanol–water partition coefficient (Wildman–Crippen LogP) is 3.53. The Kier molecular flexibility index (Phi) is 3.72. The Hall–Kier alpha value is -2.39. The van der Waals surface area contributed by atoms with Crippen LogP contribution in [0.25, 0.3) is 0 Å². The molecule has 2 aromatic carbocycles. The third-order valence-corrected chi connectivity index (χ3v) is 3.76. The third kappa shape index (κ3) is 2.95. The van der Waals surface area contributed by atoms with Crippen LogP contribution in [0.3, 0.4) is 0 Å². The summed E-state index contributed by atoms with van der Waals surface area (Å²) in [4.78, 5) is 0.379. The quantitative estimate of drug-likeness (QED) is 0.939. The van der Waals surface area contributed by atoms with Crippen molar-refractivity contribution in [3.05, 3.63) is 53.8 Å². The molecule has 0 aliphatic heterocycles. The summed E-state index contributed by atoms with van der Waals surface area (Å²) in [6.07, 6.45) is 1.32. The van der Waals surface area contributed by atoms with E-state index in [4.69, 9.17) is 14.8 Å². The molecule has 2 rings (SSSR count). The normalized spacial score (nSPS) is 13.2. The molecule has 0 aliphatic carbocycles. The number of nitrogens with zero attached hydrogens (tertiary/aromatic N) is 1. The van der Waals surface area contributed by atoms with Crippen LogP contribution in [0.1, 0.15) is 5.56 Å². The van der Waals surface area contributed by atoms with E-state index >= 15 is 0 Å². The molecule has 0 spiro atoms. The molecule has 0 fully saturated rings. The lowest BCUT2D eigenvalue weighted by atomic mass is 10.2. The molecule has 0 heterocycles. The van der Waals surface area contributed by atoms with E-state index in [9.17, 15) is 8.60 Å². The molecule has 0 amide bonds. The summed E-state index contributed by atoms with van der Waals surface area (Å²) < 4.78 is 37.8. The first-order valence-electron chi connectivity index (χ1n) is 5.62. The molecule has 0 bridgehead atoms. The molecule has 0 saturated heterocycles. The van der Waals surface area contributed by atoms with Crippen LogP contribution >= 0.6 is 0 Å². The second kappa shape index (κ2) is 5.31. The van der Waals surface area contributed by atoms with Gasteiger partial charge in [0.2, 0.25) is 0 Å². The first kappa shape index (κ1) is 14.0. The highest BCUT2D eigenvalue weighted by Gasteiger charge is 2.10. The molecule has 0 aromatic heterocycles. The first-order valence-corrected chi connectivity index (χ1v) is 7.59. The Morgan fingerprint density at radius 1 is 1.25 bits per heavy atom. The Bertz CT molecular complexity index is 778. The lowest BCUT2D eigenvalue weighted by Crippen LogP contribution is -1.95. The monoisotopic (exact) mass is 290 g/mol. The minimum Gasteiger partial charge on any atom is -0.456 e. The van der Waals surface area contributed by atoms with Gasteiger partial charge in [0, 0.05) is 11.2 Å². The molecule has 102 valence electrons. The molecule has 6 heteroatoms. The van der Waals surface area contributed by atoms with Gasteiger partial charge in [-0.15, -0.1) is 0 Å². The summed E-state index contributed by atoms with van der Waals surface area (Å²) in [5.41, 5.74) is -0.170. The summed E-state index contributed by atoms with van der Waals surface area (Å²) in [6.45, 7) is 0. The van der Waals surface area contributed by atoms with Crippen molar-refractivity contribution in [3.63, 3.8) is 0 Å². The van der Waals surface area contributed by atoms with Crippen LogP contribution in [-0.4, -0.2) is 10.5 Å². The number of ether oxygens (including phenoxy) is 1. The van der Waals surface area contributed by atoms with Crippen molar-refractivity contribution in [3.8, 4) is 17.6 Å². The molecule has 1 atom stereocenters. The van der Waals surface area contributed by atoms with E-state index in [0.29, 0.717) is 10.6 Å². The number of nitriles is 1. The lowest BCUT2D eigenvalue weighted by Gasteiger charge is -2.08. The van der Waals surface area contributed by atoms with Crippen LogP contribution in [0.5, 0.6) is 11.5 Å². The molecule has 1 N–H and O–H groups in total. The van der Waals surface area contributed by atoms with Crippen molar-refractivity contribution in [2.45, 2.75) is 4.90 Å². The third-order valence-electron chi connectivity index (χ3n) is 2.59. The van der Waals surface area contributed by atoms with Gasteiger partial charge in [-0.25, -0.2) is 13.4 Å². The molecule has 0 unspecified atom stereocenters. The van der Waals surface area contributed by atoms with E-state index in [1.54, 1.807) is 6.07 Å². The van der Waals surface area contributed by atoms with Gasteiger partial charge in [-0.1, -0.05) is 6.07 Å². The Morgan fingerprint density at radius 2 is 1.90 bits per heavy atom. The number of benzene rings is 2. The van der Waals surface area contributed by atoms with E-state index < -0.39 is 15.5 Å². The van der Waals surface area contributed by atoms with Gasteiger partial charge in [0.05, 0.1) is 9.73 Å². The summed E-state index contributed by atoms with van der Waals surface area (Å²) in [7, 11) is -2.78. The average molecular weight is 290 g/mol. The van der Waals surface area contributed by atoms with E-state index in [1.807, 2.05) is 0 Å². The second-order valence-corrected chi connectivity index (χ2v) is 6.30. The number of rotatable bonds is 3. The fourth-order valence-corrected chi connectivity index (χ4v) is 2.25. The Labute approximate surface area is 116 Å². The van der Waals surface area contributed by atoms with E-state index in [1.165, 1.54) is 48.7 Å². The molecule has 4 nitrogen and oxygen atoms in total. The van der Waals surface area contributed by atoms with E-state index in [0.717, 1.165) is 0 Å². The fraction of sp³-hybridized carbons (Fsp3) is 0.0714. The zero-order chi connectivity index (χ0) is 14.8. The molecule has 0 aliphatic rings. The van der Waals surface area contributed by atoms with Gasteiger partial charge < -0.3 is 4.74 Å². The molecular weight excluding hydrogens is 279 g/mol. The van der Waals surface area contributed by atoms with Crippen LogP contribution in [0.15, 0.2) is 47.4 Å². The van der Waals surface area contributed by atoms with Gasteiger partial charge in [-0.3, -0.25) is 0 Å².